The molecule has 150 valence electrons. The predicted molar refractivity (Wildman–Crippen MR) is 111 cm³/mol. The van der Waals surface area contributed by atoms with Gasteiger partial charge in [-0.1, -0.05) is 18.2 Å². The average Bonchev–Trinajstić information content (AvgIpc) is 3.31. The van der Waals surface area contributed by atoms with Gasteiger partial charge in [0.15, 0.2) is 0 Å². The van der Waals surface area contributed by atoms with Crippen molar-refractivity contribution in [1.29, 1.82) is 0 Å². The molecule has 1 fully saturated rings. The molecule has 1 amide bonds. The molecule has 3 aromatic rings. The van der Waals surface area contributed by atoms with E-state index in [0.29, 0.717) is 43.1 Å². The van der Waals surface area contributed by atoms with E-state index in [9.17, 15) is 14.7 Å². The van der Waals surface area contributed by atoms with Crippen LogP contribution in [0.25, 0.3) is 10.9 Å². The summed E-state index contributed by atoms with van der Waals surface area (Å²) in [6, 6.07) is 11.7. The minimum absolute atomic E-state index is 0.0335. The number of ether oxygens (including phenoxy) is 1. The molecule has 2 aromatic heterocycles. The zero-order chi connectivity index (χ0) is 20.2. The number of carboxylic acid groups (broad SMARTS) is 1. The number of carbonyl (C=O) groups is 2. The molecule has 1 N–H and O–H groups in total. The van der Waals surface area contributed by atoms with Crippen LogP contribution < -0.4 is 0 Å². The molecule has 7 heteroatoms. The molecule has 0 atom stereocenters. The Bertz CT molecular complexity index is 1120. The van der Waals surface area contributed by atoms with E-state index in [0.717, 1.165) is 27.8 Å². The molecule has 0 bridgehead atoms. The normalized spacial score (nSPS) is 18.2. The second-order valence-corrected chi connectivity index (χ2v) is 8.92. The Morgan fingerprint density at radius 3 is 2.66 bits per heavy atom. The number of fused-ring (bicyclic) bond motifs is 3. The number of nitrogens with zero attached hydrogens (tertiary/aromatic N) is 2. The number of piperidine rings is 1. The Morgan fingerprint density at radius 2 is 1.93 bits per heavy atom. The van der Waals surface area contributed by atoms with Gasteiger partial charge in [-0.3, -0.25) is 4.79 Å². The van der Waals surface area contributed by atoms with E-state index in [1.165, 1.54) is 11.3 Å². The van der Waals surface area contributed by atoms with E-state index in [4.69, 9.17) is 4.74 Å². The molecule has 1 spiro atoms. The number of amides is 1. The largest absolute Gasteiger partial charge is 0.477 e. The van der Waals surface area contributed by atoms with Gasteiger partial charge in [-0.2, -0.15) is 0 Å². The van der Waals surface area contributed by atoms with E-state index in [2.05, 4.69) is 0 Å². The first-order valence-corrected chi connectivity index (χ1v) is 10.6. The molecule has 0 unspecified atom stereocenters. The average molecular weight is 410 g/mol. The van der Waals surface area contributed by atoms with Crippen molar-refractivity contribution in [3.63, 3.8) is 0 Å². The van der Waals surface area contributed by atoms with E-state index >= 15 is 0 Å². The zero-order valence-corrected chi connectivity index (χ0v) is 17.0. The van der Waals surface area contributed by atoms with Crippen LogP contribution in [0.2, 0.25) is 0 Å². The maximum absolute atomic E-state index is 13.2. The highest BCUT2D eigenvalue weighted by Gasteiger charge is 2.43. The van der Waals surface area contributed by atoms with Gasteiger partial charge < -0.3 is 19.3 Å². The Balaban J connectivity index is 1.39. The van der Waals surface area contributed by atoms with Crippen LogP contribution in [0, 0.1) is 0 Å². The molecule has 2 aliphatic heterocycles. The lowest BCUT2D eigenvalue weighted by atomic mass is 9.82. The Kier molecular flexibility index (Phi) is 4.26. The summed E-state index contributed by atoms with van der Waals surface area (Å²) in [7, 11) is 1.93. The molecular formula is C22H22N2O4S. The monoisotopic (exact) mass is 410 g/mol. The van der Waals surface area contributed by atoms with Gasteiger partial charge in [-0.25, -0.2) is 4.79 Å². The number of aromatic nitrogens is 1. The number of benzene rings is 1. The molecule has 1 aromatic carbocycles. The first kappa shape index (κ1) is 18.4. The third-order valence-electron chi connectivity index (χ3n) is 6.25. The highest BCUT2D eigenvalue weighted by Crippen LogP contribution is 2.44. The molecule has 5 rings (SSSR count). The predicted octanol–water partition coefficient (Wildman–Crippen LogP) is 3.64. The second kappa shape index (κ2) is 6.71. The standard InChI is InChI=1S/C22H22N2O4S/c1-23-16-5-3-2-4-14(16)12-17(23)20(25)24-9-7-22(8-10-24)15-13-19(21(26)27)29-18(15)6-11-28-22/h2-5,12-13H,6-11H2,1H3,(H,26,27). The van der Waals surface area contributed by atoms with Crippen LogP contribution in [0.15, 0.2) is 36.4 Å². The smallest absolute Gasteiger partial charge is 0.345 e. The van der Waals surface area contributed by atoms with Crippen molar-refractivity contribution in [2.24, 2.45) is 7.05 Å². The summed E-state index contributed by atoms with van der Waals surface area (Å²) in [5.74, 6) is -0.853. The topological polar surface area (TPSA) is 71.8 Å². The third kappa shape index (κ3) is 2.88. The number of carbonyl (C=O) groups excluding carboxylic acids is 1. The number of aryl methyl sites for hydroxylation is 1. The van der Waals surface area contributed by atoms with Crippen molar-refractivity contribution < 1.29 is 19.4 Å². The van der Waals surface area contributed by atoms with Gasteiger partial charge in [0.2, 0.25) is 0 Å². The van der Waals surface area contributed by atoms with Gasteiger partial charge in [0.1, 0.15) is 10.6 Å². The quantitative estimate of drug-likeness (QED) is 0.700. The van der Waals surface area contributed by atoms with Crippen molar-refractivity contribution in [2.75, 3.05) is 19.7 Å². The second-order valence-electron chi connectivity index (χ2n) is 7.79. The molecule has 4 heterocycles. The Labute approximate surface area is 172 Å². The van der Waals surface area contributed by atoms with E-state index in [1.54, 1.807) is 6.07 Å². The minimum atomic E-state index is -0.886. The first-order chi connectivity index (χ1) is 14.0. The number of carboxylic acids is 1. The van der Waals surface area contributed by atoms with Crippen LogP contribution in [-0.4, -0.2) is 46.1 Å². The number of likely N-dealkylation sites (tertiary alicyclic amines) is 1. The van der Waals surface area contributed by atoms with Crippen molar-refractivity contribution in [3.05, 3.63) is 57.4 Å². The van der Waals surface area contributed by atoms with E-state index < -0.39 is 11.6 Å². The molecule has 0 saturated carbocycles. The lowest BCUT2D eigenvalue weighted by Crippen LogP contribution is -2.48. The number of para-hydroxylation sites is 1. The highest BCUT2D eigenvalue weighted by molar-refractivity contribution is 7.14. The van der Waals surface area contributed by atoms with Gasteiger partial charge in [0, 0.05) is 42.3 Å². The summed E-state index contributed by atoms with van der Waals surface area (Å²) < 4.78 is 8.16. The first-order valence-electron chi connectivity index (χ1n) is 9.83. The Hall–Kier alpha value is -2.64. The van der Waals surface area contributed by atoms with Crippen LogP contribution in [0.5, 0.6) is 0 Å². The fraction of sp³-hybridized carbons (Fsp3) is 0.364. The summed E-state index contributed by atoms with van der Waals surface area (Å²) in [5.41, 5.74) is 2.29. The fourth-order valence-corrected chi connectivity index (χ4v) is 5.73. The van der Waals surface area contributed by atoms with Crippen LogP contribution in [0.1, 0.15) is 43.4 Å². The van der Waals surface area contributed by atoms with Crippen LogP contribution in [0.3, 0.4) is 0 Å². The van der Waals surface area contributed by atoms with Crippen molar-refractivity contribution in [1.82, 2.24) is 9.47 Å². The van der Waals surface area contributed by atoms with E-state index in [1.807, 2.05) is 46.8 Å². The fourth-order valence-electron chi connectivity index (χ4n) is 4.66. The van der Waals surface area contributed by atoms with Crippen LogP contribution in [-0.2, 0) is 23.8 Å². The maximum Gasteiger partial charge on any atom is 0.345 e. The van der Waals surface area contributed by atoms with Gasteiger partial charge >= 0.3 is 5.97 Å². The van der Waals surface area contributed by atoms with Gasteiger partial charge in [-0.05, 0) is 36.6 Å². The Morgan fingerprint density at radius 1 is 1.17 bits per heavy atom. The molecule has 0 aliphatic carbocycles. The molecule has 29 heavy (non-hydrogen) atoms. The maximum atomic E-state index is 13.2. The van der Waals surface area contributed by atoms with Crippen LogP contribution in [0.4, 0.5) is 0 Å². The summed E-state index contributed by atoms with van der Waals surface area (Å²) in [6.07, 6.45) is 2.13. The third-order valence-corrected chi connectivity index (χ3v) is 7.43. The number of hydrogen-bond donors (Lipinski definition) is 1. The molecular weight excluding hydrogens is 388 g/mol. The number of rotatable bonds is 2. The van der Waals surface area contributed by atoms with Gasteiger partial charge in [0.25, 0.3) is 5.91 Å². The van der Waals surface area contributed by atoms with Gasteiger partial charge in [-0.15, -0.1) is 11.3 Å². The summed E-state index contributed by atoms with van der Waals surface area (Å²) in [5, 5.41) is 10.4. The summed E-state index contributed by atoms with van der Waals surface area (Å²) >= 11 is 1.36. The SMILES string of the molecule is Cn1c(C(=O)N2CCC3(CC2)OCCc2sc(C(=O)O)cc23)cc2ccccc21. The molecule has 0 radical (unpaired) electrons. The number of hydrogen-bond acceptors (Lipinski definition) is 4. The van der Waals surface area contributed by atoms with Crippen molar-refractivity contribution in [2.45, 2.75) is 24.9 Å². The summed E-state index contributed by atoms with van der Waals surface area (Å²) in [6.45, 7) is 1.79. The number of aromatic carboxylic acids is 1. The summed E-state index contributed by atoms with van der Waals surface area (Å²) in [4.78, 5) is 28.0. The highest BCUT2D eigenvalue weighted by atomic mass is 32.1. The molecule has 1 saturated heterocycles. The van der Waals surface area contributed by atoms with E-state index in [-0.39, 0.29) is 5.91 Å². The lowest BCUT2D eigenvalue weighted by Gasteiger charge is -2.44. The zero-order valence-electron chi connectivity index (χ0n) is 16.2. The molecule has 6 nitrogen and oxygen atoms in total. The van der Waals surface area contributed by atoms with Gasteiger partial charge in [0.05, 0.1) is 12.2 Å². The van der Waals surface area contributed by atoms with Crippen molar-refractivity contribution in [3.8, 4) is 0 Å². The minimum Gasteiger partial charge on any atom is -0.477 e. The lowest BCUT2D eigenvalue weighted by molar-refractivity contribution is -0.0927. The van der Waals surface area contributed by atoms with Crippen LogP contribution >= 0.6 is 11.3 Å². The van der Waals surface area contributed by atoms with Crippen molar-refractivity contribution >= 4 is 34.1 Å². The number of thiophene rings is 1. The molecule has 2 aliphatic rings.